The van der Waals surface area contributed by atoms with Crippen molar-refractivity contribution in [2.24, 2.45) is 12.0 Å². The molecule has 0 unspecified atom stereocenters. The van der Waals surface area contributed by atoms with Crippen LogP contribution in [0.4, 0.5) is 0 Å². The van der Waals surface area contributed by atoms with Gasteiger partial charge in [0.05, 0.1) is 13.2 Å². The van der Waals surface area contributed by atoms with Crippen molar-refractivity contribution in [3.8, 4) is 0 Å². The number of guanidine groups is 1. The molecule has 1 aromatic carbocycles. The minimum atomic E-state index is 0.483. The number of nitrogens with one attached hydrogen (secondary N) is 2. The SMILES string of the molecule is CCNC(=NCc1ncnn1C)NCCOCc1ccccc1. The van der Waals surface area contributed by atoms with Crippen LogP contribution in [0.25, 0.3) is 0 Å². The van der Waals surface area contributed by atoms with Gasteiger partial charge in [-0.2, -0.15) is 5.10 Å². The number of ether oxygens (including phenoxy) is 1. The Labute approximate surface area is 136 Å². The monoisotopic (exact) mass is 316 g/mol. The lowest BCUT2D eigenvalue weighted by Gasteiger charge is -2.11. The van der Waals surface area contributed by atoms with Gasteiger partial charge in [-0.05, 0) is 12.5 Å². The fourth-order valence-electron chi connectivity index (χ4n) is 1.96. The second-order valence-electron chi connectivity index (χ2n) is 4.96. The maximum atomic E-state index is 5.65. The zero-order valence-corrected chi connectivity index (χ0v) is 13.7. The van der Waals surface area contributed by atoms with Gasteiger partial charge in [0.25, 0.3) is 0 Å². The fraction of sp³-hybridized carbons (Fsp3) is 0.438. The summed E-state index contributed by atoms with van der Waals surface area (Å²) in [6, 6.07) is 10.1. The van der Waals surface area contributed by atoms with Gasteiger partial charge in [0.1, 0.15) is 18.7 Å². The summed E-state index contributed by atoms with van der Waals surface area (Å²) >= 11 is 0. The summed E-state index contributed by atoms with van der Waals surface area (Å²) in [6.45, 7) is 5.24. The average Bonchev–Trinajstić information content (AvgIpc) is 2.98. The highest BCUT2D eigenvalue weighted by Crippen LogP contribution is 1.99. The smallest absolute Gasteiger partial charge is 0.191 e. The third kappa shape index (κ3) is 6.07. The lowest BCUT2D eigenvalue weighted by atomic mass is 10.2. The molecule has 124 valence electrons. The summed E-state index contributed by atoms with van der Waals surface area (Å²) in [6.07, 6.45) is 1.53. The van der Waals surface area contributed by atoms with Crippen molar-refractivity contribution in [1.82, 2.24) is 25.4 Å². The Morgan fingerprint density at radius 2 is 2.09 bits per heavy atom. The molecule has 7 nitrogen and oxygen atoms in total. The molecular formula is C16H24N6O. The summed E-state index contributed by atoms with van der Waals surface area (Å²) in [5.41, 5.74) is 1.18. The molecule has 0 aliphatic heterocycles. The minimum Gasteiger partial charge on any atom is -0.375 e. The van der Waals surface area contributed by atoms with E-state index in [1.54, 1.807) is 4.68 Å². The van der Waals surface area contributed by atoms with Gasteiger partial charge in [-0.25, -0.2) is 9.98 Å². The van der Waals surface area contributed by atoms with Crippen molar-refractivity contribution in [3.63, 3.8) is 0 Å². The second kappa shape index (κ2) is 9.58. The van der Waals surface area contributed by atoms with E-state index < -0.39 is 0 Å². The Morgan fingerprint density at radius 1 is 1.26 bits per heavy atom. The van der Waals surface area contributed by atoms with Crippen molar-refractivity contribution in [1.29, 1.82) is 0 Å². The quantitative estimate of drug-likeness (QED) is 0.433. The molecule has 23 heavy (non-hydrogen) atoms. The highest BCUT2D eigenvalue weighted by molar-refractivity contribution is 5.79. The molecule has 2 N–H and O–H groups in total. The van der Waals surface area contributed by atoms with Gasteiger partial charge in [-0.3, -0.25) is 4.68 Å². The summed E-state index contributed by atoms with van der Waals surface area (Å²) < 4.78 is 7.36. The number of aryl methyl sites for hydroxylation is 1. The number of hydrogen-bond donors (Lipinski definition) is 2. The molecular weight excluding hydrogens is 292 g/mol. The molecule has 0 spiro atoms. The second-order valence-corrected chi connectivity index (χ2v) is 4.96. The Balaban J connectivity index is 1.70. The third-order valence-corrected chi connectivity index (χ3v) is 3.18. The van der Waals surface area contributed by atoms with E-state index >= 15 is 0 Å². The zero-order valence-electron chi connectivity index (χ0n) is 13.7. The van der Waals surface area contributed by atoms with Crippen LogP contribution in [0.5, 0.6) is 0 Å². The van der Waals surface area contributed by atoms with E-state index in [1.807, 2.05) is 32.2 Å². The van der Waals surface area contributed by atoms with E-state index in [0.717, 1.165) is 18.3 Å². The van der Waals surface area contributed by atoms with Gasteiger partial charge in [0, 0.05) is 20.1 Å². The molecule has 0 saturated carbocycles. The first kappa shape index (κ1) is 17.0. The fourth-order valence-corrected chi connectivity index (χ4v) is 1.96. The summed E-state index contributed by atoms with van der Waals surface area (Å²) in [7, 11) is 1.86. The van der Waals surface area contributed by atoms with Gasteiger partial charge in [-0.1, -0.05) is 30.3 Å². The molecule has 0 radical (unpaired) electrons. The van der Waals surface area contributed by atoms with Gasteiger partial charge in [0.2, 0.25) is 0 Å². The Morgan fingerprint density at radius 3 is 2.78 bits per heavy atom. The normalized spacial score (nSPS) is 11.5. The summed E-state index contributed by atoms with van der Waals surface area (Å²) in [5.74, 6) is 1.57. The van der Waals surface area contributed by atoms with Crippen molar-refractivity contribution < 1.29 is 4.74 Å². The van der Waals surface area contributed by atoms with Crippen LogP contribution in [0.2, 0.25) is 0 Å². The Hall–Kier alpha value is -2.41. The number of aliphatic imine (C=N–C) groups is 1. The number of nitrogens with zero attached hydrogens (tertiary/aromatic N) is 4. The molecule has 1 aromatic heterocycles. The number of rotatable bonds is 8. The van der Waals surface area contributed by atoms with Crippen molar-refractivity contribution in [2.45, 2.75) is 20.1 Å². The summed E-state index contributed by atoms with van der Waals surface area (Å²) in [5, 5.41) is 10.5. The lowest BCUT2D eigenvalue weighted by Crippen LogP contribution is -2.39. The van der Waals surface area contributed by atoms with Crippen LogP contribution in [0.3, 0.4) is 0 Å². The Bertz CT molecular complexity index is 596. The van der Waals surface area contributed by atoms with E-state index in [9.17, 15) is 0 Å². The third-order valence-electron chi connectivity index (χ3n) is 3.18. The number of hydrogen-bond acceptors (Lipinski definition) is 4. The van der Waals surface area contributed by atoms with E-state index in [0.29, 0.717) is 26.3 Å². The number of benzene rings is 1. The van der Waals surface area contributed by atoms with Crippen LogP contribution >= 0.6 is 0 Å². The van der Waals surface area contributed by atoms with Crippen LogP contribution in [-0.4, -0.2) is 40.4 Å². The first-order valence-electron chi connectivity index (χ1n) is 7.76. The highest BCUT2D eigenvalue weighted by atomic mass is 16.5. The van der Waals surface area contributed by atoms with Gasteiger partial charge < -0.3 is 15.4 Å². The molecule has 2 rings (SSSR count). The standard InChI is InChI=1S/C16H24N6O/c1-3-17-16(19-11-15-20-13-21-22(15)2)18-9-10-23-12-14-7-5-4-6-8-14/h4-8,13H,3,9-12H2,1-2H3,(H2,17,18,19). The van der Waals surface area contributed by atoms with Crippen LogP contribution in [0, 0.1) is 0 Å². The molecule has 0 saturated heterocycles. The van der Waals surface area contributed by atoms with E-state index in [4.69, 9.17) is 4.74 Å². The van der Waals surface area contributed by atoms with Crippen molar-refractivity contribution >= 4 is 5.96 Å². The van der Waals surface area contributed by atoms with Crippen LogP contribution in [-0.2, 0) is 24.9 Å². The number of aromatic nitrogens is 3. The molecule has 0 bridgehead atoms. The van der Waals surface area contributed by atoms with Crippen LogP contribution in [0.15, 0.2) is 41.7 Å². The average molecular weight is 316 g/mol. The lowest BCUT2D eigenvalue weighted by molar-refractivity contribution is 0.125. The molecule has 0 fully saturated rings. The maximum absolute atomic E-state index is 5.65. The molecule has 0 amide bonds. The first-order chi connectivity index (χ1) is 11.3. The predicted molar refractivity (Wildman–Crippen MR) is 89.9 cm³/mol. The molecule has 0 aliphatic carbocycles. The zero-order chi connectivity index (χ0) is 16.3. The molecule has 0 aliphatic rings. The van der Waals surface area contributed by atoms with E-state index in [-0.39, 0.29) is 0 Å². The molecule has 7 heteroatoms. The van der Waals surface area contributed by atoms with Crippen molar-refractivity contribution in [3.05, 3.63) is 48.0 Å². The first-order valence-corrected chi connectivity index (χ1v) is 7.76. The minimum absolute atomic E-state index is 0.483. The Kier molecular flexibility index (Phi) is 7.06. The maximum Gasteiger partial charge on any atom is 0.191 e. The molecule has 0 atom stereocenters. The van der Waals surface area contributed by atoms with Gasteiger partial charge in [-0.15, -0.1) is 0 Å². The summed E-state index contributed by atoms with van der Waals surface area (Å²) in [4.78, 5) is 8.64. The largest absolute Gasteiger partial charge is 0.375 e. The van der Waals surface area contributed by atoms with Crippen molar-refractivity contribution in [2.75, 3.05) is 19.7 Å². The van der Waals surface area contributed by atoms with E-state index in [1.165, 1.54) is 11.9 Å². The molecule has 1 heterocycles. The van der Waals surface area contributed by atoms with Crippen LogP contribution < -0.4 is 10.6 Å². The van der Waals surface area contributed by atoms with E-state index in [2.05, 4.69) is 37.8 Å². The van der Waals surface area contributed by atoms with Gasteiger partial charge >= 0.3 is 0 Å². The topological polar surface area (TPSA) is 76.4 Å². The highest BCUT2D eigenvalue weighted by Gasteiger charge is 2.01. The van der Waals surface area contributed by atoms with Gasteiger partial charge in [0.15, 0.2) is 5.96 Å². The van der Waals surface area contributed by atoms with Crippen LogP contribution in [0.1, 0.15) is 18.3 Å². The predicted octanol–water partition coefficient (Wildman–Crippen LogP) is 1.09. The molecule has 2 aromatic rings.